The molecule has 0 aliphatic rings. The highest BCUT2D eigenvalue weighted by Gasteiger charge is 2.35. The van der Waals surface area contributed by atoms with Gasteiger partial charge in [0.15, 0.2) is 5.13 Å². The predicted molar refractivity (Wildman–Crippen MR) is 77.1 cm³/mol. The molecule has 0 radical (unpaired) electrons. The van der Waals surface area contributed by atoms with Crippen molar-refractivity contribution in [1.82, 2.24) is 9.97 Å². The third-order valence-corrected chi connectivity index (χ3v) is 3.79. The molecule has 10 heteroatoms. The van der Waals surface area contributed by atoms with Gasteiger partial charge < -0.3 is 5.32 Å². The van der Waals surface area contributed by atoms with Gasteiger partial charge >= 0.3 is 12.4 Å². The number of benzene rings is 1. The van der Waals surface area contributed by atoms with Crippen LogP contribution in [-0.4, -0.2) is 9.97 Å². The normalized spacial score (nSPS) is 12.6. The molecule has 3 nitrogen and oxygen atoms in total. The van der Waals surface area contributed by atoms with E-state index in [1.54, 1.807) is 5.38 Å². The van der Waals surface area contributed by atoms with Crippen molar-refractivity contribution in [2.24, 2.45) is 0 Å². The number of halogens is 6. The van der Waals surface area contributed by atoms with Crippen molar-refractivity contribution in [3.8, 4) is 0 Å². The number of nitrogens with one attached hydrogen (secondary N) is 1. The van der Waals surface area contributed by atoms with E-state index in [0.29, 0.717) is 11.2 Å². The highest BCUT2D eigenvalue weighted by Crippen LogP contribution is 2.37. The maximum atomic E-state index is 13.0. The first-order chi connectivity index (χ1) is 11.1. The lowest BCUT2D eigenvalue weighted by Crippen LogP contribution is -2.10. The Balaban J connectivity index is 2.20. The smallest absolute Gasteiger partial charge is 0.331 e. The van der Waals surface area contributed by atoms with Crippen LogP contribution in [0.2, 0.25) is 0 Å². The van der Waals surface area contributed by atoms with Crippen LogP contribution in [-0.2, 0) is 12.4 Å². The molecule has 24 heavy (non-hydrogen) atoms. The standard InChI is InChI=1S/C14H7F6N3S/c15-13(16,17)7-1-2-8-9(5-7)22-11(14(18,19)20)6-10(8)23-12-21-3-4-24-12/h1-6H,(H,21,22,23). The first-order valence-electron chi connectivity index (χ1n) is 6.40. The third kappa shape index (κ3) is 3.28. The quantitative estimate of drug-likeness (QED) is 0.614. The molecule has 126 valence electrons. The average Bonchev–Trinajstić information content (AvgIpc) is 2.97. The summed E-state index contributed by atoms with van der Waals surface area (Å²) in [5.41, 5.74) is -2.77. The Hall–Kier alpha value is -2.36. The Bertz CT molecular complexity index is 865. The van der Waals surface area contributed by atoms with E-state index in [-0.39, 0.29) is 11.1 Å². The largest absolute Gasteiger partial charge is 0.433 e. The van der Waals surface area contributed by atoms with E-state index in [0.717, 1.165) is 29.5 Å². The molecule has 0 aliphatic heterocycles. The Morgan fingerprint density at radius 2 is 1.71 bits per heavy atom. The Kier molecular flexibility index (Phi) is 3.86. The maximum Gasteiger partial charge on any atom is 0.433 e. The van der Waals surface area contributed by atoms with Gasteiger partial charge in [-0.05, 0) is 18.2 Å². The minimum atomic E-state index is -4.79. The average molecular weight is 363 g/mol. The van der Waals surface area contributed by atoms with E-state index >= 15 is 0 Å². The monoisotopic (exact) mass is 363 g/mol. The number of pyridine rings is 1. The molecule has 2 heterocycles. The lowest BCUT2D eigenvalue weighted by molar-refractivity contribution is -0.140. The van der Waals surface area contributed by atoms with Crippen LogP contribution in [0.5, 0.6) is 0 Å². The van der Waals surface area contributed by atoms with Crippen LogP contribution in [0, 0.1) is 0 Å². The topological polar surface area (TPSA) is 37.8 Å². The summed E-state index contributed by atoms with van der Waals surface area (Å²) in [6.07, 6.45) is -8.02. The molecule has 3 rings (SSSR count). The number of hydrogen-bond acceptors (Lipinski definition) is 4. The zero-order valence-corrected chi connectivity index (χ0v) is 12.4. The van der Waals surface area contributed by atoms with Gasteiger partial charge in [0, 0.05) is 17.0 Å². The van der Waals surface area contributed by atoms with Gasteiger partial charge in [-0.1, -0.05) is 6.07 Å². The van der Waals surface area contributed by atoms with Gasteiger partial charge in [0.1, 0.15) is 5.69 Å². The van der Waals surface area contributed by atoms with Crippen molar-refractivity contribution in [2.75, 3.05) is 5.32 Å². The summed E-state index contributed by atoms with van der Waals surface area (Å²) in [4.78, 5) is 7.22. The Morgan fingerprint density at radius 3 is 2.29 bits per heavy atom. The fourth-order valence-electron chi connectivity index (χ4n) is 2.05. The number of fused-ring (bicyclic) bond motifs is 1. The zero-order valence-electron chi connectivity index (χ0n) is 11.5. The van der Waals surface area contributed by atoms with Crippen LogP contribution < -0.4 is 5.32 Å². The summed E-state index contributed by atoms with van der Waals surface area (Å²) in [6, 6.07) is 3.22. The molecule has 0 aliphatic carbocycles. The maximum absolute atomic E-state index is 13.0. The number of anilines is 2. The van der Waals surface area contributed by atoms with Gasteiger partial charge in [0.05, 0.1) is 16.8 Å². The molecule has 0 spiro atoms. The van der Waals surface area contributed by atoms with Crippen molar-refractivity contribution >= 4 is 33.1 Å². The fourth-order valence-corrected chi connectivity index (χ4v) is 2.59. The van der Waals surface area contributed by atoms with Gasteiger partial charge in [-0.2, -0.15) is 26.3 Å². The summed E-state index contributed by atoms with van der Waals surface area (Å²) >= 11 is 1.14. The number of rotatable bonds is 2. The van der Waals surface area contributed by atoms with E-state index in [9.17, 15) is 26.3 Å². The van der Waals surface area contributed by atoms with Crippen LogP contribution in [0.4, 0.5) is 37.2 Å². The van der Waals surface area contributed by atoms with Crippen molar-refractivity contribution in [3.63, 3.8) is 0 Å². The number of alkyl halides is 6. The van der Waals surface area contributed by atoms with Gasteiger partial charge in [-0.15, -0.1) is 11.3 Å². The molecule has 0 atom stereocenters. The summed E-state index contributed by atoms with van der Waals surface area (Å²) < 4.78 is 77.3. The number of nitrogens with zero attached hydrogens (tertiary/aromatic N) is 2. The highest BCUT2D eigenvalue weighted by molar-refractivity contribution is 7.13. The summed E-state index contributed by atoms with van der Waals surface area (Å²) in [5.74, 6) is 0. The molecule has 0 saturated carbocycles. The van der Waals surface area contributed by atoms with Gasteiger partial charge in [-0.25, -0.2) is 9.97 Å². The molecular formula is C14H7F6N3S. The molecule has 2 aromatic heterocycles. The minimum Gasteiger partial charge on any atom is -0.331 e. The van der Waals surface area contributed by atoms with Gasteiger partial charge in [0.2, 0.25) is 0 Å². The predicted octanol–water partition coefficient (Wildman–Crippen LogP) is 5.47. The minimum absolute atomic E-state index is 0.0176. The van der Waals surface area contributed by atoms with Crippen LogP contribution >= 0.6 is 11.3 Å². The lowest BCUT2D eigenvalue weighted by Gasteiger charge is -2.14. The molecule has 3 aromatic rings. The van der Waals surface area contributed by atoms with Crippen molar-refractivity contribution in [3.05, 3.63) is 47.1 Å². The summed E-state index contributed by atoms with van der Waals surface area (Å²) in [7, 11) is 0. The SMILES string of the molecule is FC(F)(F)c1ccc2c(Nc3nccs3)cc(C(F)(F)F)nc2c1. The van der Waals surface area contributed by atoms with E-state index in [4.69, 9.17) is 0 Å². The first-order valence-corrected chi connectivity index (χ1v) is 7.28. The molecule has 0 bridgehead atoms. The molecule has 0 amide bonds. The van der Waals surface area contributed by atoms with Crippen molar-refractivity contribution < 1.29 is 26.3 Å². The molecule has 0 saturated heterocycles. The fraction of sp³-hybridized carbons (Fsp3) is 0.143. The van der Waals surface area contributed by atoms with Gasteiger partial charge in [0.25, 0.3) is 0 Å². The second kappa shape index (κ2) is 5.62. The van der Waals surface area contributed by atoms with E-state index in [1.807, 2.05) is 0 Å². The first kappa shape index (κ1) is 16.5. The zero-order chi connectivity index (χ0) is 17.5. The second-order valence-electron chi connectivity index (χ2n) is 4.74. The molecule has 1 N–H and O–H groups in total. The van der Waals surface area contributed by atoms with Crippen molar-refractivity contribution in [2.45, 2.75) is 12.4 Å². The molecule has 0 unspecified atom stereocenters. The van der Waals surface area contributed by atoms with E-state index in [1.165, 1.54) is 6.20 Å². The van der Waals surface area contributed by atoms with E-state index in [2.05, 4.69) is 15.3 Å². The molecule has 0 fully saturated rings. The summed E-state index contributed by atoms with van der Waals surface area (Å²) in [6.45, 7) is 0. The number of aromatic nitrogens is 2. The highest BCUT2D eigenvalue weighted by atomic mass is 32.1. The van der Waals surface area contributed by atoms with Crippen LogP contribution in [0.15, 0.2) is 35.8 Å². The van der Waals surface area contributed by atoms with Gasteiger partial charge in [-0.3, -0.25) is 0 Å². The summed E-state index contributed by atoms with van der Waals surface area (Å²) in [5, 5.41) is 4.74. The van der Waals surface area contributed by atoms with Crippen LogP contribution in [0.1, 0.15) is 11.3 Å². The van der Waals surface area contributed by atoms with Crippen LogP contribution in [0.25, 0.3) is 10.9 Å². The number of hydrogen-bond donors (Lipinski definition) is 1. The van der Waals surface area contributed by atoms with E-state index < -0.39 is 29.1 Å². The Morgan fingerprint density at radius 1 is 0.958 bits per heavy atom. The lowest BCUT2D eigenvalue weighted by atomic mass is 10.1. The molecule has 1 aromatic carbocycles. The van der Waals surface area contributed by atoms with Crippen molar-refractivity contribution in [1.29, 1.82) is 0 Å². The Labute approximate surface area is 135 Å². The van der Waals surface area contributed by atoms with Crippen LogP contribution in [0.3, 0.4) is 0 Å². The third-order valence-electron chi connectivity index (χ3n) is 3.10. The second-order valence-corrected chi connectivity index (χ2v) is 5.64. The number of thiazole rings is 1. The molecular weight excluding hydrogens is 356 g/mol.